The van der Waals surface area contributed by atoms with Gasteiger partial charge in [-0.2, -0.15) is 10.5 Å². The molecule has 1 aliphatic heterocycles. The number of aliphatic imine (C=N–C) groups is 1. The highest BCUT2D eigenvalue weighted by Gasteiger charge is 2.49. The molecule has 0 aromatic carbocycles. The second-order valence-electron chi connectivity index (χ2n) is 5.21. The number of hydrogen-bond donors (Lipinski definition) is 1. The number of amidine groups is 1. The maximum absolute atomic E-state index is 9.61. The molecule has 1 heterocycles. The summed E-state index contributed by atoms with van der Waals surface area (Å²) in [6, 6.07) is 4.60. The lowest BCUT2D eigenvalue weighted by molar-refractivity contribution is 0.215. The fraction of sp³-hybridized carbons (Fsp3) is 0.533. The van der Waals surface area contributed by atoms with Gasteiger partial charge < -0.3 is 5.73 Å². The lowest BCUT2D eigenvalue weighted by Crippen LogP contribution is -2.44. The Labute approximate surface area is 124 Å². The molecule has 0 radical (unpaired) electrons. The van der Waals surface area contributed by atoms with Crippen molar-refractivity contribution in [3.05, 3.63) is 23.3 Å². The molecular weight excluding hydrogens is 268 g/mol. The van der Waals surface area contributed by atoms with Gasteiger partial charge in [0.2, 0.25) is 0 Å². The number of nitrogens with two attached hydrogens (primary N) is 1. The minimum Gasteiger partial charge on any atom is -0.386 e. The maximum Gasteiger partial charge on any atom is 0.119 e. The Morgan fingerprint density at radius 2 is 2.10 bits per heavy atom. The van der Waals surface area contributed by atoms with Gasteiger partial charge >= 0.3 is 0 Å². The van der Waals surface area contributed by atoms with Gasteiger partial charge in [0.1, 0.15) is 16.8 Å². The zero-order chi connectivity index (χ0) is 14.6. The van der Waals surface area contributed by atoms with E-state index < -0.39 is 11.3 Å². The third kappa shape index (κ3) is 2.34. The Kier molecular flexibility index (Phi) is 4.52. The van der Waals surface area contributed by atoms with Crippen molar-refractivity contribution in [1.82, 2.24) is 0 Å². The normalized spacial score (nSPS) is 24.7. The zero-order valence-corrected chi connectivity index (χ0v) is 12.2. The van der Waals surface area contributed by atoms with Gasteiger partial charge in [0.15, 0.2) is 0 Å². The van der Waals surface area contributed by atoms with Crippen molar-refractivity contribution in [3.63, 3.8) is 0 Å². The van der Waals surface area contributed by atoms with Crippen LogP contribution in [-0.2, 0) is 0 Å². The van der Waals surface area contributed by atoms with Crippen molar-refractivity contribution in [2.45, 2.75) is 32.1 Å². The number of rotatable bonds is 3. The molecule has 1 saturated carbocycles. The first-order valence-electron chi connectivity index (χ1n) is 6.82. The number of nitrogens with zero attached hydrogens (tertiary/aromatic N) is 3. The summed E-state index contributed by atoms with van der Waals surface area (Å²) in [6.07, 6.45) is 6.71. The van der Waals surface area contributed by atoms with Crippen LogP contribution in [0.3, 0.4) is 0 Å². The first-order valence-corrected chi connectivity index (χ1v) is 7.80. The standard InChI is InChI=1S/C15H18N4S/c1-2-8-20-14-12(10-17)15(6-4-3-5-7-15)11(9-16)13(18)19-14/h2,11H,1,3-8H2,(H2,18,19). The van der Waals surface area contributed by atoms with E-state index in [1.807, 2.05) is 0 Å². The van der Waals surface area contributed by atoms with Crippen molar-refractivity contribution in [2.24, 2.45) is 22.1 Å². The summed E-state index contributed by atoms with van der Waals surface area (Å²) in [7, 11) is 0. The number of thioether (sulfide) groups is 1. The molecule has 5 heteroatoms. The van der Waals surface area contributed by atoms with E-state index in [1.54, 1.807) is 6.08 Å². The number of hydrogen-bond acceptors (Lipinski definition) is 5. The quantitative estimate of drug-likeness (QED) is 0.808. The highest BCUT2D eigenvalue weighted by atomic mass is 32.2. The van der Waals surface area contributed by atoms with Crippen LogP contribution < -0.4 is 5.73 Å². The minimum absolute atomic E-state index is 0.361. The predicted octanol–water partition coefficient (Wildman–Crippen LogP) is 3.10. The van der Waals surface area contributed by atoms with Crippen molar-refractivity contribution < 1.29 is 0 Å². The van der Waals surface area contributed by atoms with Crippen molar-refractivity contribution in [2.75, 3.05) is 5.75 Å². The molecule has 0 amide bonds. The monoisotopic (exact) mass is 286 g/mol. The van der Waals surface area contributed by atoms with Crippen LogP contribution in [0, 0.1) is 34.0 Å². The molecule has 1 aliphatic carbocycles. The molecule has 4 nitrogen and oxygen atoms in total. The van der Waals surface area contributed by atoms with Gasteiger partial charge in [-0.1, -0.05) is 25.3 Å². The minimum atomic E-state index is -0.467. The van der Waals surface area contributed by atoms with E-state index in [9.17, 15) is 10.5 Å². The van der Waals surface area contributed by atoms with Crippen LogP contribution in [0.5, 0.6) is 0 Å². The van der Waals surface area contributed by atoms with Crippen LogP contribution in [0.1, 0.15) is 32.1 Å². The van der Waals surface area contributed by atoms with Gasteiger partial charge in [0.25, 0.3) is 0 Å². The van der Waals surface area contributed by atoms with Gasteiger partial charge in [-0.05, 0) is 12.8 Å². The van der Waals surface area contributed by atoms with Crippen LogP contribution in [0.15, 0.2) is 28.2 Å². The van der Waals surface area contributed by atoms with E-state index in [2.05, 4.69) is 23.7 Å². The summed E-state index contributed by atoms with van der Waals surface area (Å²) >= 11 is 1.48. The fourth-order valence-electron chi connectivity index (χ4n) is 3.19. The van der Waals surface area contributed by atoms with E-state index in [-0.39, 0.29) is 0 Å². The Morgan fingerprint density at radius 3 is 2.65 bits per heavy atom. The second-order valence-corrected chi connectivity index (χ2v) is 6.22. The Bertz CT molecular complexity index is 541. The highest BCUT2D eigenvalue weighted by molar-refractivity contribution is 8.03. The van der Waals surface area contributed by atoms with E-state index in [4.69, 9.17) is 5.73 Å². The fourth-order valence-corrected chi connectivity index (χ4v) is 4.03. The summed E-state index contributed by atoms with van der Waals surface area (Å²) in [5, 5.41) is 19.8. The van der Waals surface area contributed by atoms with E-state index in [0.717, 1.165) is 32.1 Å². The van der Waals surface area contributed by atoms with Crippen LogP contribution in [0.2, 0.25) is 0 Å². The van der Waals surface area contributed by atoms with Crippen molar-refractivity contribution in [1.29, 1.82) is 10.5 Å². The molecule has 20 heavy (non-hydrogen) atoms. The average Bonchev–Trinajstić information content (AvgIpc) is 2.46. The molecule has 2 rings (SSSR count). The van der Waals surface area contributed by atoms with Crippen LogP contribution in [-0.4, -0.2) is 11.6 Å². The lowest BCUT2D eigenvalue weighted by atomic mass is 9.61. The van der Waals surface area contributed by atoms with E-state index >= 15 is 0 Å². The van der Waals surface area contributed by atoms with E-state index in [1.165, 1.54) is 11.8 Å². The zero-order valence-electron chi connectivity index (χ0n) is 11.4. The first kappa shape index (κ1) is 14.7. The SMILES string of the molecule is C=CCSC1=C(C#N)C2(CCCCC2)C(C#N)C(N)=N1. The van der Waals surface area contributed by atoms with Gasteiger partial charge in [0.05, 0.1) is 17.7 Å². The van der Waals surface area contributed by atoms with Gasteiger partial charge in [0, 0.05) is 11.2 Å². The molecule has 1 spiro atoms. The number of nitriles is 2. The van der Waals surface area contributed by atoms with E-state index in [0.29, 0.717) is 22.2 Å². The molecule has 1 fully saturated rings. The molecule has 104 valence electrons. The average molecular weight is 286 g/mol. The topological polar surface area (TPSA) is 86.0 Å². The first-order chi connectivity index (χ1) is 9.69. The summed E-state index contributed by atoms with van der Waals surface area (Å²) in [5.41, 5.74) is 6.26. The van der Waals surface area contributed by atoms with Crippen LogP contribution in [0.4, 0.5) is 0 Å². The molecule has 1 unspecified atom stereocenters. The molecule has 2 aliphatic rings. The summed E-state index contributed by atoms with van der Waals surface area (Å²) < 4.78 is 0. The van der Waals surface area contributed by atoms with Crippen LogP contribution in [0.25, 0.3) is 0 Å². The Balaban J connectivity index is 2.52. The summed E-state index contributed by atoms with van der Waals surface area (Å²) in [4.78, 5) is 4.32. The molecule has 0 aromatic heterocycles. The second kappa shape index (κ2) is 6.15. The third-order valence-corrected chi connectivity index (χ3v) is 5.09. The largest absolute Gasteiger partial charge is 0.386 e. The summed E-state index contributed by atoms with van der Waals surface area (Å²) in [6.45, 7) is 3.69. The maximum atomic E-state index is 9.61. The van der Waals surface area contributed by atoms with Gasteiger partial charge in [-0.15, -0.1) is 18.3 Å². The molecule has 0 bridgehead atoms. The molecule has 0 aromatic rings. The molecule has 0 saturated heterocycles. The van der Waals surface area contributed by atoms with Gasteiger partial charge in [-0.25, -0.2) is 4.99 Å². The number of allylic oxidation sites excluding steroid dienone is 1. The van der Waals surface area contributed by atoms with Crippen LogP contribution >= 0.6 is 11.8 Å². The lowest BCUT2D eigenvalue weighted by Gasteiger charge is -2.42. The molecular formula is C15H18N4S. The van der Waals surface area contributed by atoms with Gasteiger partial charge in [-0.3, -0.25) is 0 Å². The molecule has 1 atom stereocenters. The Morgan fingerprint density at radius 1 is 1.40 bits per heavy atom. The van der Waals surface area contributed by atoms with Crippen molar-refractivity contribution >= 4 is 17.6 Å². The highest BCUT2D eigenvalue weighted by Crippen LogP contribution is 2.52. The summed E-state index contributed by atoms with van der Waals surface area (Å²) in [5.74, 6) is 0.579. The predicted molar refractivity (Wildman–Crippen MR) is 81.5 cm³/mol. The Hall–Kier alpha value is -1.72. The molecule has 2 N–H and O–H groups in total. The smallest absolute Gasteiger partial charge is 0.119 e. The third-order valence-electron chi connectivity index (χ3n) is 4.12. The van der Waals surface area contributed by atoms with Crippen molar-refractivity contribution in [3.8, 4) is 12.1 Å².